The van der Waals surface area contributed by atoms with Crippen molar-refractivity contribution in [3.8, 4) is 0 Å². The van der Waals surface area contributed by atoms with Crippen LogP contribution in [0.2, 0.25) is 0 Å². The lowest BCUT2D eigenvalue weighted by Gasteiger charge is -2.28. The van der Waals surface area contributed by atoms with E-state index in [0.29, 0.717) is 11.4 Å². The standard InChI is InChI=1S/C22H27FN4O3/c1-16(22(29)25-19-5-3-17(23)4-6-19)26(2)15-21(28)24-18-7-9-20(10-8-18)27-11-13-30-14-12-27/h3-10,16H,11-15H2,1-2H3,(H,24,28)(H,25,29)/p+1/t16-/m0/s1. The SMILES string of the molecule is C[C@@H](C(=O)Nc1ccc(F)cc1)[NH+](C)CC(=O)Nc1ccc(N2CCOCC2)cc1. The monoisotopic (exact) mass is 415 g/mol. The Hall–Kier alpha value is -2.97. The average molecular weight is 415 g/mol. The average Bonchev–Trinajstić information content (AvgIpc) is 2.75. The summed E-state index contributed by atoms with van der Waals surface area (Å²) >= 11 is 0. The summed E-state index contributed by atoms with van der Waals surface area (Å²) < 4.78 is 18.3. The quantitative estimate of drug-likeness (QED) is 0.634. The smallest absolute Gasteiger partial charge is 0.282 e. The van der Waals surface area contributed by atoms with Crippen molar-refractivity contribution >= 4 is 28.9 Å². The number of carbonyl (C=O) groups is 2. The highest BCUT2D eigenvalue weighted by molar-refractivity contribution is 5.94. The Balaban J connectivity index is 1.48. The zero-order valence-corrected chi connectivity index (χ0v) is 17.3. The molecule has 160 valence electrons. The van der Waals surface area contributed by atoms with E-state index in [-0.39, 0.29) is 24.2 Å². The van der Waals surface area contributed by atoms with Gasteiger partial charge in [0.15, 0.2) is 12.6 Å². The van der Waals surface area contributed by atoms with Crippen molar-refractivity contribution in [3.05, 3.63) is 54.3 Å². The number of ether oxygens (including phenoxy) is 1. The molecule has 1 aliphatic rings. The zero-order chi connectivity index (χ0) is 21.5. The number of benzene rings is 2. The minimum absolute atomic E-state index is 0.142. The van der Waals surface area contributed by atoms with Crippen LogP contribution in [-0.4, -0.2) is 57.8 Å². The molecule has 1 saturated heterocycles. The lowest BCUT2D eigenvalue weighted by molar-refractivity contribution is -0.885. The molecule has 0 saturated carbocycles. The van der Waals surface area contributed by atoms with Crippen LogP contribution in [0.3, 0.4) is 0 Å². The predicted octanol–water partition coefficient (Wildman–Crippen LogP) is 1.14. The van der Waals surface area contributed by atoms with Crippen molar-refractivity contribution < 1.29 is 23.6 Å². The number of anilines is 3. The Labute approximate surface area is 175 Å². The summed E-state index contributed by atoms with van der Waals surface area (Å²) in [6.07, 6.45) is 0. The molecule has 2 amide bonds. The molecule has 0 aliphatic carbocycles. The molecular formula is C22H28FN4O3+. The first-order chi connectivity index (χ1) is 14.4. The third-order valence-corrected chi connectivity index (χ3v) is 5.21. The number of amides is 2. The summed E-state index contributed by atoms with van der Waals surface area (Å²) in [5.74, 6) is -0.770. The molecule has 2 atom stereocenters. The molecular weight excluding hydrogens is 387 g/mol. The minimum Gasteiger partial charge on any atom is -0.378 e. The van der Waals surface area contributed by atoms with E-state index in [9.17, 15) is 14.0 Å². The fraction of sp³-hybridized carbons (Fsp3) is 0.364. The molecule has 2 aromatic carbocycles. The molecule has 7 nitrogen and oxygen atoms in total. The number of rotatable bonds is 7. The van der Waals surface area contributed by atoms with Gasteiger partial charge in [0.25, 0.3) is 11.8 Å². The van der Waals surface area contributed by atoms with Gasteiger partial charge in [-0.3, -0.25) is 9.59 Å². The molecule has 2 aromatic rings. The molecule has 3 N–H and O–H groups in total. The molecule has 0 bridgehead atoms. The maximum atomic E-state index is 13.0. The first-order valence-electron chi connectivity index (χ1n) is 10.0. The van der Waals surface area contributed by atoms with Crippen LogP contribution in [0.4, 0.5) is 21.5 Å². The van der Waals surface area contributed by atoms with Crippen molar-refractivity contribution in [2.75, 3.05) is 55.4 Å². The number of hydrogen-bond acceptors (Lipinski definition) is 4. The lowest BCUT2D eigenvalue weighted by Crippen LogP contribution is -3.14. The number of halogens is 1. The van der Waals surface area contributed by atoms with Gasteiger partial charge in [-0.1, -0.05) is 0 Å². The second-order valence-corrected chi connectivity index (χ2v) is 7.44. The summed E-state index contributed by atoms with van der Waals surface area (Å²) in [6.45, 7) is 5.05. The van der Waals surface area contributed by atoms with Crippen LogP contribution in [0, 0.1) is 5.82 Å². The van der Waals surface area contributed by atoms with Crippen molar-refractivity contribution in [3.63, 3.8) is 0 Å². The molecule has 3 rings (SSSR count). The largest absolute Gasteiger partial charge is 0.378 e. The van der Waals surface area contributed by atoms with E-state index >= 15 is 0 Å². The van der Waals surface area contributed by atoms with Crippen molar-refractivity contribution in [2.24, 2.45) is 0 Å². The topological polar surface area (TPSA) is 75.1 Å². The Morgan fingerprint density at radius 2 is 1.60 bits per heavy atom. The number of nitrogens with one attached hydrogen (secondary N) is 3. The van der Waals surface area contributed by atoms with E-state index in [4.69, 9.17) is 4.74 Å². The fourth-order valence-corrected chi connectivity index (χ4v) is 3.20. The third kappa shape index (κ3) is 6.01. The van der Waals surface area contributed by atoms with Gasteiger partial charge in [-0.2, -0.15) is 0 Å². The molecule has 0 spiro atoms. The Kier molecular flexibility index (Phi) is 7.37. The summed E-state index contributed by atoms with van der Waals surface area (Å²) in [4.78, 5) is 27.8. The second-order valence-electron chi connectivity index (χ2n) is 7.44. The van der Waals surface area contributed by atoms with E-state index in [1.54, 1.807) is 14.0 Å². The van der Waals surface area contributed by atoms with Crippen LogP contribution in [-0.2, 0) is 14.3 Å². The molecule has 1 fully saturated rings. The van der Waals surface area contributed by atoms with E-state index in [2.05, 4.69) is 15.5 Å². The van der Waals surface area contributed by atoms with Gasteiger partial charge in [0.2, 0.25) is 0 Å². The number of quaternary nitrogens is 1. The summed E-state index contributed by atoms with van der Waals surface area (Å²) in [6, 6.07) is 12.8. The van der Waals surface area contributed by atoms with Gasteiger partial charge in [-0.25, -0.2) is 4.39 Å². The minimum atomic E-state index is -0.454. The Morgan fingerprint density at radius 3 is 2.23 bits per heavy atom. The molecule has 0 aromatic heterocycles. The van der Waals surface area contributed by atoms with E-state index in [1.165, 1.54) is 24.3 Å². The first kappa shape index (κ1) is 21.7. The van der Waals surface area contributed by atoms with Gasteiger partial charge in [0.05, 0.1) is 20.3 Å². The highest BCUT2D eigenvalue weighted by Gasteiger charge is 2.24. The molecule has 1 aliphatic heterocycles. The first-order valence-corrected chi connectivity index (χ1v) is 10.0. The number of carbonyl (C=O) groups excluding carboxylic acids is 2. The third-order valence-electron chi connectivity index (χ3n) is 5.21. The van der Waals surface area contributed by atoms with Crippen LogP contribution in [0.5, 0.6) is 0 Å². The molecule has 0 radical (unpaired) electrons. The van der Waals surface area contributed by atoms with E-state index in [1.807, 2.05) is 24.3 Å². The fourth-order valence-electron chi connectivity index (χ4n) is 3.20. The maximum Gasteiger partial charge on any atom is 0.282 e. The van der Waals surface area contributed by atoms with Gasteiger partial charge in [-0.05, 0) is 55.5 Å². The van der Waals surface area contributed by atoms with Gasteiger partial charge >= 0.3 is 0 Å². The highest BCUT2D eigenvalue weighted by atomic mass is 19.1. The van der Waals surface area contributed by atoms with E-state index in [0.717, 1.165) is 36.9 Å². The van der Waals surface area contributed by atoms with Crippen LogP contribution in [0.15, 0.2) is 48.5 Å². The normalized spacial score (nSPS) is 15.9. The molecule has 1 unspecified atom stereocenters. The summed E-state index contributed by atoms with van der Waals surface area (Å²) in [7, 11) is 1.79. The predicted molar refractivity (Wildman–Crippen MR) is 114 cm³/mol. The number of morpholine rings is 1. The Bertz CT molecular complexity index is 852. The lowest BCUT2D eigenvalue weighted by atomic mass is 10.2. The van der Waals surface area contributed by atoms with Crippen molar-refractivity contribution in [1.82, 2.24) is 0 Å². The summed E-state index contributed by atoms with van der Waals surface area (Å²) in [5.41, 5.74) is 2.34. The van der Waals surface area contributed by atoms with Gasteiger partial charge in [0, 0.05) is 30.2 Å². The zero-order valence-electron chi connectivity index (χ0n) is 17.3. The summed E-state index contributed by atoms with van der Waals surface area (Å²) in [5, 5.41) is 5.61. The maximum absolute atomic E-state index is 13.0. The number of hydrogen-bond donors (Lipinski definition) is 3. The highest BCUT2D eigenvalue weighted by Crippen LogP contribution is 2.18. The number of nitrogens with zero attached hydrogens (tertiary/aromatic N) is 1. The second kappa shape index (κ2) is 10.2. The molecule has 1 heterocycles. The molecule has 30 heavy (non-hydrogen) atoms. The van der Waals surface area contributed by atoms with Gasteiger partial charge < -0.3 is 25.2 Å². The molecule has 8 heteroatoms. The van der Waals surface area contributed by atoms with Crippen molar-refractivity contribution in [2.45, 2.75) is 13.0 Å². The van der Waals surface area contributed by atoms with Gasteiger partial charge in [-0.15, -0.1) is 0 Å². The van der Waals surface area contributed by atoms with Crippen LogP contribution < -0.4 is 20.4 Å². The van der Waals surface area contributed by atoms with Gasteiger partial charge in [0.1, 0.15) is 5.82 Å². The number of likely N-dealkylation sites (N-methyl/N-ethyl adjacent to an activating group) is 1. The van der Waals surface area contributed by atoms with Crippen LogP contribution in [0.25, 0.3) is 0 Å². The van der Waals surface area contributed by atoms with Crippen LogP contribution >= 0.6 is 0 Å². The van der Waals surface area contributed by atoms with Crippen LogP contribution in [0.1, 0.15) is 6.92 Å². The van der Waals surface area contributed by atoms with Crippen molar-refractivity contribution in [1.29, 1.82) is 0 Å². The van der Waals surface area contributed by atoms with E-state index < -0.39 is 6.04 Å². The Morgan fingerprint density at radius 1 is 1.03 bits per heavy atom.